The van der Waals surface area contributed by atoms with Gasteiger partial charge >= 0.3 is 51.4 Å². The number of nitrogens with zero attached hydrogens (tertiary/aromatic N) is 3. The normalized spacial score (nSPS) is 13.5. The Morgan fingerprint density at radius 2 is 1.57 bits per heavy atom. The third-order valence-electron chi connectivity index (χ3n) is 7.62. The molecule has 0 bridgehead atoms. The van der Waals surface area contributed by atoms with E-state index in [1.807, 2.05) is 65.4 Å². The summed E-state index contributed by atoms with van der Waals surface area (Å²) in [5, 5.41) is 11.7. The molecule has 0 unspecified atom stereocenters. The van der Waals surface area contributed by atoms with Crippen LogP contribution in [0.1, 0.15) is 35.2 Å². The van der Waals surface area contributed by atoms with Crippen molar-refractivity contribution in [2.75, 3.05) is 51.3 Å². The fourth-order valence-corrected chi connectivity index (χ4v) is 5.45. The van der Waals surface area contributed by atoms with Crippen molar-refractivity contribution in [1.82, 2.24) is 9.47 Å². The number of carboxylic acids is 1. The molecule has 1 aromatic heterocycles. The molecular formula is C33H36KN3O5. The van der Waals surface area contributed by atoms with E-state index >= 15 is 0 Å². The van der Waals surface area contributed by atoms with Crippen molar-refractivity contribution < 1.29 is 75.6 Å². The average Bonchev–Trinajstić information content (AvgIpc) is 3.38. The standard InChI is InChI=1S/C33H37N3O5.K/c1-40-31-11-5-4-10-30(31)35-21-19-34(20-22-35)17-7-23-41-26-15-13-25(14-16-26)33(39)28-24-36(18-6-12-32(37)38)29-9-3-2-8-27(28)29;/h2-5,8-11,13-16,24H,6-7,12,17-23H2,1H3,(H,37,38);/q;+1/p-1. The predicted octanol–water partition coefficient (Wildman–Crippen LogP) is 1.01. The minimum Gasteiger partial charge on any atom is -0.550 e. The maximum atomic E-state index is 13.4. The van der Waals surface area contributed by atoms with Gasteiger partial charge < -0.3 is 28.8 Å². The number of methoxy groups -OCH3 is 1. The minimum atomic E-state index is -1.07. The number of ketones is 1. The first-order valence-corrected chi connectivity index (χ1v) is 14.2. The van der Waals surface area contributed by atoms with E-state index in [9.17, 15) is 14.7 Å². The summed E-state index contributed by atoms with van der Waals surface area (Å²) in [4.78, 5) is 29.0. The van der Waals surface area contributed by atoms with Gasteiger partial charge in [-0.25, -0.2) is 0 Å². The second-order valence-electron chi connectivity index (χ2n) is 10.3. The molecule has 0 N–H and O–H groups in total. The molecule has 0 atom stereocenters. The molecule has 0 radical (unpaired) electrons. The van der Waals surface area contributed by atoms with Crippen LogP contribution in [0, 0.1) is 0 Å². The van der Waals surface area contributed by atoms with Gasteiger partial charge in [0, 0.05) is 73.5 Å². The van der Waals surface area contributed by atoms with E-state index in [-0.39, 0.29) is 63.6 Å². The van der Waals surface area contributed by atoms with E-state index in [0.717, 1.165) is 67.2 Å². The van der Waals surface area contributed by atoms with Gasteiger partial charge in [-0.2, -0.15) is 0 Å². The number of aryl methyl sites for hydroxylation is 1. The number of hydrogen-bond acceptors (Lipinski definition) is 7. The second kappa shape index (κ2) is 15.7. The quantitative estimate of drug-likeness (QED) is 0.130. The Bertz CT molecular complexity index is 1480. The maximum absolute atomic E-state index is 13.4. The number of aromatic nitrogens is 1. The van der Waals surface area contributed by atoms with Crippen LogP contribution in [-0.2, 0) is 11.3 Å². The SMILES string of the molecule is COc1ccccc1N1CCN(CCCOc2ccc(C(=O)c3cn(CCCC(=O)[O-])c4ccccc34)cc2)CC1.[K+]. The first kappa shape index (κ1) is 32.3. The summed E-state index contributed by atoms with van der Waals surface area (Å²) in [6.07, 6.45) is 3.17. The van der Waals surface area contributed by atoms with Gasteiger partial charge in [0.25, 0.3) is 0 Å². The molecule has 0 saturated carbocycles. The van der Waals surface area contributed by atoms with Gasteiger partial charge in [-0.3, -0.25) is 9.69 Å². The Morgan fingerprint density at radius 3 is 2.31 bits per heavy atom. The van der Waals surface area contributed by atoms with Crippen LogP contribution < -0.4 is 70.9 Å². The molecule has 5 rings (SSSR count). The number of rotatable bonds is 13. The molecule has 0 spiro atoms. The molecule has 42 heavy (non-hydrogen) atoms. The summed E-state index contributed by atoms with van der Waals surface area (Å²) < 4.78 is 13.4. The van der Waals surface area contributed by atoms with Crippen LogP contribution in [0.25, 0.3) is 10.9 Å². The zero-order chi connectivity index (χ0) is 28.6. The van der Waals surface area contributed by atoms with Crippen molar-refractivity contribution in [2.45, 2.75) is 25.8 Å². The Labute approximate surface area is 289 Å². The van der Waals surface area contributed by atoms with E-state index < -0.39 is 5.97 Å². The van der Waals surface area contributed by atoms with Crippen molar-refractivity contribution in [3.8, 4) is 11.5 Å². The smallest absolute Gasteiger partial charge is 0.550 e. The summed E-state index contributed by atoms with van der Waals surface area (Å²) in [5.74, 6) is 0.522. The Hall–Kier alpha value is -2.66. The third-order valence-corrected chi connectivity index (χ3v) is 7.62. The molecule has 1 saturated heterocycles. The number of carbonyl (C=O) groups excluding carboxylic acids is 2. The Kier molecular flexibility index (Phi) is 12.1. The van der Waals surface area contributed by atoms with Gasteiger partial charge in [-0.15, -0.1) is 0 Å². The number of anilines is 1. The molecule has 4 aromatic rings. The molecule has 214 valence electrons. The molecule has 1 fully saturated rings. The van der Waals surface area contributed by atoms with Crippen LogP contribution in [-0.4, -0.2) is 67.7 Å². The van der Waals surface area contributed by atoms with Gasteiger partial charge in [0.2, 0.25) is 0 Å². The van der Waals surface area contributed by atoms with E-state index in [2.05, 4.69) is 15.9 Å². The maximum Gasteiger partial charge on any atom is 1.00 e. The second-order valence-corrected chi connectivity index (χ2v) is 10.3. The van der Waals surface area contributed by atoms with Crippen LogP contribution in [0.5, 0.6) is 11.5 Å². The first-order valence-electron chi connectivity index (χ1n) is 14.2. The molecule has 2 heterocycles. The molecule has 0 amide bonds. The number of para-hydroxylation sites is 3. The number of carbonyl (C=O) groups is 2. The number of carboxylic acid groups (broad SMARTS) is 1. The minimum absolute atomic E-state index is 0. The zero-order valence-corrected chi connectivity index (χ0v) is 27.6. The number of piperazine rings is 1. The Morgan fingerprint density at radius 1 is 0.857 bits per heavy atom. The van der Waals surface area contributed by atoms with Gasteiger partial charge in [0.15, 0.2) is 5.78 Å². The molecule has 3 aromatic carbocycles. The molecule has 9 heteroatoms. The summed E-state index contributed by atoms with van der Waals surface area (Å²) in [6.45, 7) is 6.03. The Balaban J connectivity index is 0.00000405. The predicted molar refractivity (Wildman–Crippen MR) is 158 cm³/mol. The van der Waals surface area contributed by atoms with Gasteiger partial charge in [0.1, 0.15) is 11.5 Å². The summed E-state index contributed by atoms with van der Waals surface area (Å²) >= 11 is 0. The van der Waals surface area contributed by atoms with Gasteiger partial charge in [-0.05, 0) is 61.7 Å². The third kappa shape index (κ3) is 8.03. The molecule has 1 aliphatic rings. The summed E-state index contributed by atoms with van der Waals surface area (Å²) in [6, 6.07) is 23.2. The molecule has 1 aliphatic heterocycles. The number of ether oxygens (including phenoxy) is 2. The largest absolute Gasteiger partial charge is 1.00 e. The van der Waals surface area contributed by atoms with Crippen LogP contribution in [0.15, 0.2) is 79.0 Å². The van der Waals surface area contributed by atoms with Crippen LogP contribution in [0.2, 0.25) is 0 Å². The van der Waals surface area contributed by atoms with Crippen molar-refractivity contribution in [2.24, 2.45) is 0 Å². The molecular weight excluding hydrogens is 557 g/mol. The number of hydrogen-bond donors (Lipinski definition) is 0. The van der Waals surface area contributed by atoms with Crippen molar-refractivity contribution in [1.29, 1.82) is 0 Å². The number of fused-ring (bicyclic) bond motifs is 1. The first-order chi connectivity index (χ1) is 20.0. The van der Waals surface area contributed by atoms with Crippen molar-refractivity contribution in [3.63, 3.8) is 0 Å². The van der Waals surface area contributed by atoms with Crippen LogP contribution in [0.3, 0.4) is 0 Å². The van der Waals surface area contributed by atoms with E-state index in [0.29, 0.717) is 30.7 Å². The number of benzene rings is 3. The molecule has 0 aliphatic carbocycles. The molecule has 8 nitrogen and oxygen atoms in total. The number of aliphatic carboxylic acids is 1. The average molecular weight is 594 g/mol. The fourth-order valence-electron chi connectivity index (χ4n) is 5.45. The van der Waals surface area contributed by atoms with Crippen LogP contribution >= 0.6 is 0 Å². The topological polar surface area (TPSA) is 87.1 Å². The van der Waals surface area contributed by atoms with Crippen molar-refractivity contribution in [3.05, 3.63) is 90.1 Å². The van der Waals surface area contributed by atoms with Gasteiger partial charge in [-0.1, -0.05) is 30.3 Å². The van der Waals surface area contributed by atoms with Crippen molar-refractivity contribution >= 4 is 28.3 Å². The summed E-state index contributed by atoms with van der Waals surface area (Å²) in [5.41, 5.74) is 3.26. The van der Waals surface area contributed by atoms with E-state index in [1.54, 1.807) is 19.2 Å². The van der Waals surface area contributed by atoms with E-state index in [1.165, 1.54) is 0 Å². The summed E-state index contributed by atoms with van der Waals surface area (Å²) in [7, 11) is 1.72. The fraction of sp³-hybridized carbons (Fsp3) is 0.333. The monoisotopic (exact) mass is 593 g/mol. The van der Waals surface area contributed by atoms with E-state index in [4.69, 9.17) is 9.47 Å². The zero-order valence-electron chi connectivity index (χ0n) is 24.5. The van der Waals surface area contributed by atoms with Gasteiger partial charge in [0.05, 0.1) is 19.4 Å². The van der Waals surface area contributed by atoms with Crippen LogP contribution in [0.4, 0.5) is 5.69 Å².